The highest BCUT2D eigenvalue weighted by atomic mass is 16.5. The van der Waals surface area contributed by atoms with Gasteiger partial charge in [0.25, 0.3) is 0 Å². The quantitative estimate of drug-likeness (QED) is 0.331. The molecule has 0 spiro atoms. The number of fused-ring (bicyclic) bond motifs is 4. The second kappa shape index (κ2) is 9.00. The third-order valence-electron chi connectivity index (χ3n) is 7.37. The number of piperidine rings is 1. The molecule has 4 aromatic carbocycles. The molecule has 6 rings (SSSR count). The Morgan fingerprint density at radius 1 is 0.886 bits per heavy atom. The Labute approximate surface area is 206 Å². The largest absolute Gasteiger partial charge is 0.497 e. The van der Waals surface area contributed by atoms with E-state index in [9.17, 15) is 5.26 Å². The molecule has 0 aliphatic carbocycles. The van der Waals surface area contributed by atoms with E-state index in [1.165, 1.54) is 33.9 Å². The molecule has 1 saturated heterocycles. The first-order valence-electron chi connectivity index (χ1n) is 12.4. The average Bonchev–Trinajstić information content (AvgIpc) is 3.11. The molecule has 35 heavy (non-hydrogen) atoms. The van der Waals surface area contributed by atoms with Gasteiger partial charge in [0.05, 0.1) is 25.0 Å². The molecule has 4 nitrogen and oxygen atoms in total. The molecule has 0 atom stereocenters. The number of benzene rings is 4. The Kier molecular flexibility index (Phi) is 5.54. The van der Waals surface area contributed by atoms with Crippen LogP contribution in [-0.4, -0.2) is 26.8 Å². The minimum atomic E-state index is 0.567. The lowest BCUT2D eigenvalue weighted by Crippen LogP contribution is -2.30. The minimum absolute atomic E-state index is 0.567. The predicted octanol–water partition coefficient (Wildman–Crippen LogP) is 6.98. The third-order valence-corrected chi connectivity index (χ3v) is 7.37. The number of methoxy groups -OCH3 is 1. The number of nitrogens with zero attached hydrogens (tertiary/aromatic N) is 2. The number of nitriles is 1. The van der Waals surface area contributed by atoms with Crippen LogP contribution in [0.15, 0.2) is 66.7 Å². The van der Waals surface area contributed by atoms with Crippen LogP contribution in [0, 0.1) is 11.3 Å². The van der Waals surface area contributed by atoms with Crippen molar-refractivity contribution in [1.82, 2.24) is 0 Å². The predicted molar refractivity (Wildman–Crippen MR) is 141 cm³/mol. The van der Waals surface area contributed by atoms with Gasteiger partial charge in [-0.25, -0.2) is 0 Å². The van der Waals surface area contributed by atoms with Gasteiger partial charge in [0, 0.05) is 30.6 Å². The first-order chi connectivity index (χ1) is 17.3. The lowest BCUT2D eigenvalue weighted by atomic mass is 9.84. The molecule has 4 heteroatoms. The summed E-state index contributed by atoms with van der Waals surface area (Å²) in [6.45, 7) is 2.52. The average molecular weight is 461 g/mol. The van der Waals surface area contributed by atoms with E-state index in [-0.39, 0.29) is 0 Å². The van der Waals surface area contributed by atoms with Gasteiger partial charge >= 0.3 is 0 Å². The van der Waals surface area contributed by atoms with Crippen molar-refractivity contribution >= 4 is 16.5 Å². The molecular weight excluding hydrogens is 432 g/mol. The van der Waals surface area contributed by atoms with Gasteiger partial charge in [-0.1, -0.05) is 42.5 Å². The Morgan fingerprint density at radius 2 is 1.71 bits per heavy atom. The highest BCUT2D eigenvalue weighted by Gasteiger charge is 2.28. The summed E-state index contributed by atoms with van der Waals surface area (Å²) in [5.41, 5.74) is 7.27. The van der Waals surface area contributed by atoms with Crippen molar-refractivity contribution in [2.24, 2.45) is 0 Å². The van der Waals surface area contributed by atoms with E-state index in [4.69, 9.17) is 9.47 Å². The Morgan fingerprint density at radius 3 is 2.54 bits per heavy atom. The zero-order valence-electron chi connectivity index (χ0n) is 20.0. The summed E-state index contributed by atoms with van der Waals surface area (Å²) in [6, 6.07) is 25.8. The maximum absolute atomic E-state index is 10.5. The first kappa shape index (κ1) is 21.6. The summed E-state index contributed by atoms with van der Waals surface area (Å²) in [6.07, 6.45) is 4.28. The third kappa shape index (κ3) is 3.68. The lowest BCUT2D eigenvalue weighted by Gasteiger charge is -2.31. The van der Waals surface area contributed by atoms with Crippen molar-refractivity contribution in [3.8, 4) is 39.8 Å². The standard InChI is InChI=1S/C31H28N2O2/c1-34-22-12-13-30-27(18-22)31-25(14-17-35-30)26(24-11-7-9-21-8-3-4-10-23(21)24)19-29(28(31)20-32)33-15-5-2-6-16-33/h3-4,7-13,18-19H,2,5-6,14-17H2,1H3. The van der Waals surface area contributed by atoms with Gasteiger partial charge in [0.1, 0.15) is 17.6 Å². The first-order valence-corrected chi connectivity index (χ1v) is 12.4. The lowest BCUT2D eigenvalue weighted by molar-refractivity contribution is 0.326. The van der Waals surface area contributed by atoms with Crippen LogP contribution in [0.5, 0.6) is 11.5 Å². The maximum atomic E-state index is 10.5. The number of ether oxygens (including phenoxy) is 2. The van der Waals surface area contributed by atoms with Gasteiger partial charge in [-0.05, 0) is 71.0 Å². The van der Waals surface area contributed by atoms with E-state index in [1.54, 1.807) is 7.11 Å². The minimum Gasteiger partial charge on any atom is -0.497 e. The molecule has 0 aromatic heterocycles. The fourth-order valence-corrected chi connectivity index (χ4v) is 5.68. The van der Waals surface area contributed by atoms with Crippen LogP contribution in [0.4, 0.5) is 5.69 Å². The Hall–Kier alpha value is -3.97. The monoisotopic (exact) mass is 460 g/mol. The number of anilines is 1. The van der Waals surface area contributed by atoms with Crippen LogP contribution in [0.1, 0.15) is 30.4 Å². The Bertz CT molecular complexity index is 1460. The van der Waals surface area contributed by atoms with Gasteiger partial charge in [-0.15, -0.1) is 0 Å². The molecule has 174 valence electrons. The molecule has 0 N–H and O–H groups in total. The summed E-state index contributed by atoms with van der Waals surface area (Å²) in [7, 11) is 1.68. The zero-order chi connectivity index (χ0) is 23.8. The molecule has 2 aliphatic heterocycles. The van der Waals surface area contributed by atoms with Crippen LogP contribution >= 0.6 is 0 Å². The SMILES string of the molecule is COc1ccc2c(c1)-c1c(C#N)c(N3CCCCC3)cc(-c3cccc4ccccc34)c1CCO2. The molecule has 0 amide bonds. The van der Waals surface area contributed by atoms with E-state index in [1.807, 2.05) is 18.2 Å². The molecule has 0 bridgehead atoms. The number of rotatable bonds is 3. The van der Waals surface area contributed by atoms with Crippen LogP contribution in [0.2, 0.25) is 0 Å². The fourth-order valence-electron chi connectivity index (χ4n) is 5.68. The number of hydrogen-bond acceptors (Lipinski definition) is 4. The van der Waals surface area contributed by atoms with Gasteiger partial charge in [0.15, 0.2) is 0 Å². The van der Waals surface area contributed by atoms with Crippen molar-refractivity contribution in [2.45, 2.75) is 25.7 Å². The van der Waals surface area contributed by atoms with Crippen molar-refractivity contribution in [2.75, 3.05) is 31.7 Å². The Balaban J connectivity index is 1.71. The topological polar surface area (TPSA) is 45.5 Å². The highest BCUT2D eigenvalue weighted by Crippen LogP contribution is 2.47. The van der Waals surface area contributed by atoms with Gasteiger partial charge < -0.3 is 14.4 Å². The van der Waals surface area contributed by atoms with Crippen LogP contribution in [-0.2, 0) is 6.42 Å². The fraction of sp³-hybridized carbons (Fsp3) is 0.258. The number of hydrogen-bond donors (Lipinski definition) is 0. The summed E-state index contributed by atoms with van der Waals surface area (Å²) < 4.78 is 11.8. The second-order valence-corrected chi connectivity index (χ2v) is 9.32. The highest BCUT2D eigenvalue weighted by molar-refractivity contribution is 6.01. The van der Waals surface area contributed by atoms with Gasteiger partial charge in [0.2, 0.25) is 0 Å². The zero-order valence-corrected chi connectivity index (χ0v) is 20.0. The molecule has 0 unspecified atom stereocenters. The van der Waals surface area contributed by atoms with Crippen molar-refractivity contribution < 1.29 is 9.47 Å². The van der Waals surface area contributed by atoms with Crippen molar-refractivity contribution in [3.05, 3.63) is 77.9 Å². The van der Waals surface area contributed by atoms with Crippen molar-refractivity contribution in [3.63, 3.8) is 0 Å². The van der Waals surface area contributed by atoms with E-state index in [0.717, 1.165) is 66.2 Å². The maximum Gasteiger partial charge on any atom is 0.127 e. The molecule has 1 fully saturated rings. The molecule has 4 aromatic rings. The van der Waals surface area contributed by atoms with E-state index in [0.29, 0.717) is 6.61 Å². The smallest absolute Gasteiger partial charge is 0.127 e. The normalized spacial score (nSPS) is 14.9. The van der Waals surface area contributed by atoms with Crippen LogP contribution in [0.3, 0.4) is 0 Å². The summed E-state index contributed by atoms with van der Waals surface area (Å²) in [5.74, 6) is 1.57. The second-order valence-electron chi connectivity index (χ2n) is 9.32. The molecular formula is C31H28N2O2. The van der Waals surface area contributed by atoms with Crippen molar-refractivity contribution in [1.29, 1.82) is 5.26 Å². The van der Waals surface area contributed by atoms with E-state index >= 15 is 0 Å². The van der Waals surface area contributed by atoms with Gasteiger partial charge in [-0.2, -0.15) is 5.26 Å². The van der Waals surface area contributed by atoms with E-state index in [2.05, 4.69) is 59.5 Å². The molecule has 0 saturated carbocycles. The van der Waals surface area contributed by atoms with E-state index < -0.39 is 0 Å². The summed E-state index contributed by atoms with van der Waals surface area (Å²) in [4.78, 5) is 2.41. The molecule has 0 radical (unpaired) electrons. The summed E-state index contributed by atoms with van der Waals surface area (Å²) >= 11 is 0. The van der Waals surface area contributed by atoms with Crippen LogP contribution < -0.4 is 14.4 Å². The molecule has 2 aliphatic rings. The summed E-state index contributed by atoms with van der Waals surface area (Å²) in [5, 5.41) is 13.0. The molecule has 2 heterocycles. The van der Waals surface area contributed by atoms with Gasteiger partial charge in [-0.3, -0.25) is 0 Å². The van der Waals surface area contributed by atoms with Crippen LogP contribution in [0.25, 0.3) is 33.0 Å².